The summed E-state index contributed by atoms with van der Waals surface area (Å²) in [6.45, 7) is 0.818. The van der Waals surface area contributed by atoms with Gasteiger partial charge in [0.2, 0.25) is 5.91 Å². The third kappa shape index (κ3) is 2.06. The van der Waals surface area contributed by atoms with Crippen LogP contribution in [0.2, 0.25) is 0 Å². The Hall–Kier alpha value is -1.65. The summed E-state index contributed by atoms with van der Waals surface area (Å²) in [5.41, 5.74) is 5.36. The van der Waals surface area contributed by atoms with Crippen molar-refractivity contribution >= 4 is 11.7 Å². The number of piperidine rings is 1. The first kappa shape index (κ1) is 9.89. The second kappa shape index (κ2) is 4.25. The molecule has 1 fully saturated rings. The summed E-state index contributed by atoms with van der Waals surface area (Å²) in [4.78, 5) is 20.9. The molecule has 1 aromatic rings. The van der Waals surface area contributed by atoms with Crippen LogP contribution >= 0.6 is 0 Å². The minimum Gasteiger partial charge on any atom is -0.368 e. The summed E-state index contributed by atoms with van der Waals surface area (Å²) in [7, 11) is 0. The lowest BCUT2D eigenvalue weighted by molar-refractivity contribution is -0.119. The lowest BCUT2D eigenvalue weighted by atomic mass is 10.0. The van der Waals surface area contributed by atoms with Crippen LogP contribution in [-0.4, -0.2) is 28.5 Å². The smallest absolute Gasteiger partial charge is 0.240 e. The maximum Gasteiger partial charge on any atom is 0.240 e. The average Bonchev–Trinajstić information content (AvgIpc) is 2.30. The van der Waals surface area contributed by atoms with Crippen LogP contribution in [0.15, 0.2) is 12.3 Å². The van der Waals surface area contributed by atoms with E-state index in [-0.39, 0.29) is 11.9 Å². The highest BCUT2D eigenvalue weighted by atomic mass is 16.1. The highest BCUT2D eigenvalue weighted by Crippen LogP contribution is 2.21. The average molecular weight is 205 g/mol. The molecule has 5 heteroatoms. The van der Waals surface area contributed by atoms with E-state index >= 15 is 0 Å². The van der Waals surface area contributed by atoms with Crippen LogP contribution < -0.4 is 10.6 Å². The van der Waals surface area contributed by atoms with E-state index in [0.717, 1.165) is 31.6 Å². The van der Waals surface area contributed by atoms with E-state index in [0.29, 0.717) is 0 Å². The normalized spacial score (nSPS) is 21.3. The number of hydrogen-bond acceptors (Lipinski definition) is 4. The number of amides is 1. The maximum atomic E-state index is 11.3. The number of carbonyl (C=O) groups excluding carboxylic acids is 1. The molecule has 0 aromatic carbocycles. The molecule has 1 atom stereocenters. The molecule has 1 aromatic heterocycles. The lowest BCUT2D eigenvalue weighted by Gasteiger charge is -2.34. The van der Waals surface area contributed by atoms with E-state index in [4.69, 9.17) is 5.73 Å². The van der Waals surface area contributed by atoms with E-state index in [1.165, 1.54) is 0 Å². The van der Waals surface area contributed by atoms with Gasteiger partial charge in [-0.05, 0) is 25.3 Å². The van der Waals surface area contributed by atoms with Gasteiger partial charge in [0.05, 0.1) is 0 Å². The van der Waals surface area contributed by atoms with Crippen LogP contribution in [0.3, 0.4) is 0 Å². The van der Waals surface area contributed by atoms with Crippen LogP contribution in [-0.2, 0) is 4.79 Å². The monoisotopic (exact) mass is 205 g/mol. The van der Waals surface area contributed by atoms with Crippen LogP contribution in [0.25, 0.3) is 0 Å². The summed E-state index contributed by atoms with van der Waals surface area (Å²) < 4.78 is 0. The molecule has 1 unspecified atom stereocenters. The standard InChI is InChI=1S/C10H13N4O/c11-10(15)8-3-1-2-6-14(8)9-4-5-12-7-13-9/h4-5,8H,1-3,6H2,(H2,11,15). The van der Waals surface area contributed by atoms with Gasteiger partial charge >= 0.3 is 0 Å². The number of nitrogens with two attached hydrogens (primary N) is 1. The van der Waals surface area contributed by atoms with Gasteiger partial charge in [-0.3, -0.25) is 4.79 Å². The molecule has 79 valence electrons. The van der Waals surface area contributed by atoms with Gasteiger partial charge in [-0.1, -0.05) is 0 Å². The van der Waals surface area contributed by atoms with Gasteiger partial charge in [0.1, 0.15) is 11.9 Å². The van der Waals surface area contributed by atoms with Gasteiger partial charge in [-0.2, -0.15) is 0 Å². The van der Waals surface area contributed by atoms with E-state index in [9.17, 15) is 4.79 Å². The van der Waals surface area contributed by atoms with Crippen LogP contribution in [0.4, 0.5) is 5.82 Å². The fraction of sp³-hybridized carbons (Fsp3) is 0.500. The number of hydrogen-bond donors (Lipinski definition) is 1. The summed E-state index contributed by atoms with van der Waals surface area (Å²) in [6, 6.07) is 1.54. The number of carbonyl (C=O) groups is 1. The van der Waals surface area contributed by atoms with Crippen LogP contribution in [0.5, 0.6) is 0 Å². The quantitative estimate of drug-likeness (QED) is 0.744. The van der Waals surface area contributed by atoms with Crippen molar-refractivity contribution in [3.8, 4) is 0 Å². The Morgan fingerprint density at radius 3 is 3.13 bits per heavy atom. The molecule has 2 N–H and O–H groups in total. The second-order valence-electron chi connectivity index (χ2n) is 3.62. The van der Waals surface area contributed by atoms with Gasteiger partial charge in [0, 0.05) is 12.7 Å². The highest BCUT2D eigenvalue weighted by Gasteiger charge is 2.27. The summed E-state index contributed by atoms with van der Waals surface area (Å²) in [5.74, 6) is 0.446. The first-order valence-corrected chi connectivity index (χ1v) is 5.04. The molecule has 1 amide bonds. The first-order chi connectivity index (χ1) is 7.29. The Kier molecular flexibility index (Phi) is 2.80. The molecular formula is C10H13N4O. The van der Waals surface area contributed by atoms with E-state index in [1.807, 2.05) is 4.90 Å². The minimum absolute atomic E-state index is 0.234. The third-order valence-electron chi connectivity index (χ3n) is 2.65. The van der Waals surface area contributed by atoms with Gasteiger partial charge in [0.25, 0.3) is 0 Å². The molecule has 1 saturated heterocycles. The Labute approximate surface area is 88.3 Å². The van der Waals surface area contributed by atoms with E-state index < -0.39 is 0 Å². The van der Waals surface area contributed by atoms with E-state index in [2.05, 4.69) is 16.3 Å². The Morgan fingerprint density at radius 1 is 1.60 bits per heavy atom. The van der Waals surface area contributed by atoms with Crippen molar-refractivity contribution in [2.75, 3.05) is 11.4 Å². The van der Waals surface area contributed by atoms with E-state index in [1.54, 1.807) is 12.3 Å². The minimum atomic E-state index is -0.284. The zero-order chi connectivity index (χ0) is 10.7. The van der Waals surface area contributed by atoms with Gasteiger partial charge in [-0.25, -0.2) is 9.97 Å². The first-order valence-electron chi connectivity index (χ1n) is 5.04. The van der Waals surface area contributed by atoms with Crippen molar-refractivity contribution in [2.24, 2.45) is 5.73 Å². The van der Waals surface area contributed by atoms with Crippen molar-refractivity contribution in [1.29, 1.82) is 0 Å². The molecule has 5 nitrogen and oxygen atoms in total. The lowest BCUT2D eigenvalue weighted by Crippen LogP contribution is -2.48. The van der Waals surface area contributed by atoms with Gasteiger partial charge < -0.3 is 10.6 Å². The molecule has 0 spiro atoms. The van der Waals surface area contributed by atoms with Gasteiger partial charge in [-0.15, -0.1) is 0 Å². The summed E-state index contributed by atoms with van der Waals surface area (Å²) >= 11 is 0. The van der Waals surface area contributed by atoms with Crippen molar-refractivity contribution in [3.63, 3.8) is 0 Å². The highest BCUT2D eigenvalue weighted by molar-refractivity contribution is 5.83. The number of anilines is 1. The second-order valence-corrected chi connectivity index (χ2v) is 3.62. The Morgan fingerprint density at radius 2 is 2.47 bits per heavy atom. The van der Waals surface area contributed by atoms with Crippen LogP contribution in [0.1, 0.15) is 19.3 Å². The van der Waals surface area contributed by atoms with Crippen molar-refractivity contribution in [1.82, 2.24) is 9.97 Å². The molecule has 0 bridgehead atoms. The molecule has 1 radical (unpaired) electrons. The molecular weight excluding hydrogens is 192 g/mol. The number of aromatic nitrogens is 2. The molecule has 15 heavy (non-hydrogen) atoms. The zero-order valence-electron chi connectivity index (χ0n) is 8.39. The third-order valence-corrected chi connectivity index (χ3v) is 2.65. The SMILES string of the molecule is NC(=O)C1CCCCN1c1ccn[c]n1. The maximum absolute atomic E-state index is 11.3. The molecule has 2 heterocycles. The summed E-state index contributed by atoms with van der Waals surface area (Å²) in [5, 5.41) is 0. The van der Waals surface area contributed by atoms with Crippen molar-refractivity contribution in [3.05, 3.63) is 18.6 Å². The van der Waals surface area contributed by atoms with Crippen molar-refractivity contribution < 1.29 is 4.79 Å². The predicted molar refractivity (Wildman–Crippen MR) is 55.0 cm³/mol. The molecule has 1 aliphatic rings. The number of rotatable bonds is 2. The number of nitrogens with zero attached hydrogens (tertiary/aromatic N) is 3. The molecule has 2 rings (SSSR count). The Balaban J connectivity index is 2.22. The zero-order valence-corrected chi connectivity index (χ0v) is 8.39. The summed E-state index contributed by atoms with van der Waals surface area (Å²) in [6.07, 6.45) is 7.05. The van der Waals surface area contributed by atoms with Crippen LogP contribution in [0, 0.1) is 6.33 Å². The fourth-order valence-electron chi connectivity index (χ4n) is 1.92. The molecule has 0 saturated carbocycles. The number of primary amides is 1. The largest absolute Gasteiger partial charge is 0.368 e. The Bertz CT molecular complexity index is 341. The topological polar surface area (TPSA) is 72.1 Å². The molecule has 1 aliphatic heterocycles. The molecule has 0 aliphatic carbocycles. The van der Waals surface area contributed by atoms with Gasteiger partial charge in [0.15, 0.2) is 6.33 Å². The fourth-order valence-corrected chi connectivity index (χ4v) is 1.92. The van der Waals surface area contributed by atoms with Crippen molar-refractivity contribution in [2.45, 2.75) is 25.3 Å². The predicted octanol–water partition coefficient (Wildman–Crippen LogP) is 0.121.